The summed E-state index contributed by atoms with van der Waals surface area (Å²) in [6.45, 7) is 11.0. The van der Waals surface area contributed by atoms with Crippen LogP contribution in [0.3, 0.4) is 0 Å². The van der Waals surface area contributed by atoms with Crippen molar-refractivity contribution in [3.05, 3.63) is 83.7 Å². The molecule has 2 heterocycles. The Balaban J connectivity index is 1.52. The van der Waals surface area contributed by atoms with Gasteiger partial charge in [0.2, 0.25) is 5.69 Å². The van der Waals surface area contributed by atoms with Crippen LogP contribution < -0.4 is 4.68 Å². The Hall–Kier alpha value is -3.28. The lowest BCUT2D eigenvalue weighted by Crippen LogP contribution is -2.36. The molecular formula is C24H29N6+. The van der Waals surface area contributed by atoms with Crippen LogP contribution in [0.1, 0.15) is 44.4 Å². The summed E-state index contributed by atoms with van der Waals surface area (Å²) in [5.41, 5.74) is 5.73. The van der Waals surface area contributed by atoms with Gasteiger partial charge in [0.05, 0.1) is 18.0 Å². The van der Waals surface area contributed by atoms with Crippen LogP contribution in [-0.4, -0.2) is 24.9 Å². The summed E-state index contributed by atoms with van der Waals surface area (Å²) in [7, 11) is 0. The molecule has 0 N–H and O–H groups in total. The lowest BCUT2D eigenvalue weighted by molar-refractivity contribution is -0.747. The van der Waals surface area contributed by atoms with Crippen molar-refractivity contribution in [1.82, 2.24) is 24.9 Å². The molecule has 0 saturated carbocycles. The minimum Gasteiger partial charge on any atom is -0.247 e. The molecular weight excluding hydrogens is 372 g/mol. The highest BCUT2D eigenvalue weighted by Gasteiger charge is 2.20. The number of rotatable bonds is 6. The summed E-state index contributed by atoms with van der Waals surface area (Å²) in [5.74, 6) is 0. The Morgan fingerprint density at radius 2 is 1.67 bits per heavy atom. The zero-order valence-corrected chi connectivity index (χ0v) is 18.2. The number of benzene rings is 2. The van der Waals surface area contributed by atoms with Gasteiger partial charge in [-0.25, -0.2) is 4.68 Å². The monoisotopic (exact) mass is 401 g/mol. The highest BCUT2D eigenvalue weighted by Crippen LogP contribution is 2.22. The van der Waals surface area contributed by atoms with Crippen molar-refractivity contribution in [3.63, 3.8) is 0 Å². The smallest absolute Gasteiger partial charge is 0.219 e. The number of nitrogens with zero attached hydrogens (tertiary/aromatic N) is 6. The van der Waals surface area contributed by atoms with Crippen LogP contribution >= 0.6 is 0 Å². The molecule has 0 radical (unpaired) electrons. The standard InChI is InChI=1S/C24H29N6/c1-5-30-23(18-29(27-30)16-19-9-7-6-8-10-19)22-17-28(26-25-22)15-20-11-13-21(14-12-20)24(2,3)4/h6-14,17-18H,5,15-16H2,1-4H3/q+1. The first-order valence-electron chi connectivity index (χ1n) is 10.4. The van der Waals surface area contributed by atoms with E-state index in [-0.39, 0.29) is 5.41 Å². The van der Waals surface area contributed by atoms with Crippen LogP contribution in [0.5, 0.6) is 0 Å². The third kappa shape index (κ3) is 4.48. The minimum atomic E-state index is 0.159. The van der Waals surface area contributed by atoms with Gasteiger partial charge in [-0.1, -0.05) is 80.6 Å². The molecule has 0 atom stereocenters. The molecule has 0 bridgehead atoms. The topological polar surface area (TPSA) is 52.4 Å². The SMILES string of the molecule is CCn1n[n+](Cc2ccccc2)cc1-c1cn(Cc2ccc(C(C)(C)C)cc2)nn1. The average Bonchev–Trinajstić information content (AvgIpc) is 3.35. The zero-order valence-electron chi connectivity index (χ0n) is 18.2. The fourth-order valence-electron chi connectivity index (χ4n) is 3.49. The van der Waals surface area contributed by atoms with Crippen LogP contribution in [0.4, 0.5) is 0 Å². The van der Waals surface area contributed by atoms with E-state index >= 15 is 0 Å². The van der Waals surface area contributed by atoms with Gasteiger partial charge >= 0.3 is 0 Å². The van der Waals surface area contributed by atoms with Crippen molar-refractivity contribution in [2.24, 2.45) is 0 Å². The van der Waals surface area contributed by atoms with Crippen LogP contribution in [0.25, 0.3) is 11.4 Å². The van der Waals surface area contributed by atoms with E-state index in [0.717, 1.165) is 24.5 Å². The van der Waals surface area contributed by atoms with Crippen molar-refractivity contribution in [3.8, 4) is 11.4 Å². The number of aromatic nitrogens is 6. The molecule has 0 aliphatic rings. The quantitative estimate of drug-likeness (QED) is 0.461. The van der Waals surface area contributed by atoms with E-state index in [1.54, 1.807) is 0 Å². The van der Waals surface area contributed by atoms with Crippen molar-refractivity contribution in [2.45, 2.75) is 52.7 Å². The summed E-state index contributed by atoms with van der Waals surface area (Å²) in [4.78, 5) is 0. The predicted octanol–water partition coefficient (Wildman–Crippen LogP) is 3.84. The highest BCUT2D eigenvalue weighted by atomic mass is 15.5. The van der Waals surface area contributed by atoms with E-state index in [0.29, 0.717) is 6.54 Å². The molecule has 154 valence electrons. The van der Waals surface area contributed by atoms with Crippen LogP contribution in [0.15, 0.2) is 67.0 Å². The molecule has 4 rings (SSSR count). The van der Waals surface area contributed by atoms with Gasteiger partial charge < -0.3 is 0 Å². The fourth-order valence-corrected chi connectivity index (χ4v) is 3.49. The lowest BCUT2D eigenvalue weighted by Gasteiger charge is -2.19. The van der Waals surface area contributed by atoms with Crippen molar-refractivity contribution in [1.29, 1.82) is 0 Å². The molecule has 4 aromatic rings. The molecule has 0 spiro atoms. The second kappa shape index (κ2) is 8.22. The zero-order chi connectivity index (χ0) is 21.1. The van der Waals surface area contributed by atoms with Gasteiger partial charge in [0.25, 0.3) is 0 Å². The Bertz CT molecular complexity index is 1100. The maximum Gasteiger partial charge on any atom is 0.219 e. The third-order valence-corrected chi connectivity index (χ3v) is 5.22. The molecule has 2 aromatic carbocycles. The molecule has 6 nitrogen and oxygen atoms in total. The fraction of sp³-hybridized carbons (Fsp3) is 0.333. The summed E-state index contributed by atoms with van der Waals surface area (Å²) < 4.78 is 5.81. The molecule has 0 aliphatic carbocycles. The molecule has 0 fully saturated rings. The van der Waals surface area contributed by atoms with Gasteiger partial charge in [0.15, 0.2) is 11.9 Å². The molecule has 2 aromatic heterocycles. The van der Waals surface area contributed by atoms with Gasteiger partial charge in [0, 0.05) is 0 Å². The van der Waals surface area contributed by atoms with Gasteiger partial charge in [-0.2, -0.15) is 0 Å². The van der Waals surface area contributed by atoms with Gasteiger partial charge in [-0.05, 0) is 29.0 Å². The van der Waals surface area contributed by atoms with Crippen LogP contribution in [0.2, 0.25) is 0 Å². The normalized spacial score (nSPS) is 11.7. The van der Waals surface area contributed by atoms with Crippen molar-refractivity contribution < 1.29 is 4.68 Å². The van der Waals surface area contributed by atoms with E-state index in [4.69, 9.17) is 0 Å². The van der Waals surface area contributed by atoms with Crippen molar-refractivity contribution >= 4 is 0 Å². The molecule has 0 saturated heterocycles. The maximum atomic E-state index is 4.68. The number of hydrogen-bond donors (Lipinski definition) is 0. The first-order chi connectivity index (χ1) is 14.4. The first-order valence-corrected chi connectivity index (χ1v) is 10.4. The van der Waals surface area contributed by atoms with Crippen molar-refractivity contribution in [2.75, 3.05) is 0 Å². The van der Waals surface area contributed by atoms with E-state index in [2.05, 4.69) is 79.6 Å². The maximum absolute atomic E-state index is 4.68. The third-order valence-electron chi connectivity index (χ3n) is 5.22. The predicted molar refractivity (Wildman–Crippen MR) is 117 cm³/mol. The summed E-state index contributed by atoms with van der Waals surface area (Å²) in [6, 6.07) is 19.1. The van der Waals surface area contributed by atoms with Crippen LogP contribution in [-0.2, 0) is 25.0 Å². The molecule has 0 unspecified atom stereocenters. The Morgan fingerprint density at radius 1 is 0.933 bits per heavy atom. The summed E-state index contributed by atoms with van der Waals surface area (Å²) >= 11 is 0. The van der Waals surface area contributed by atoms with Gasteiger partial charge in [-0.15, -0.1) is 14.5 Å². The average molecular weight is 402 g/mol. The molecule has 0 amide bonds. The van der Waals surface area contributed by atoms with E-state index < -0.39 is 0 Å². The van der Waals surface area contributed by atoms with E-state index in [1.165, 1.54) is 16.7 Å². The second-order valence-electron chi connectivity index (χ2n) is 8.65. The molecule has 6 heteroatoms. The molecule has 0 aliphatic heterocycles. The summed E-state index contributed by atoms with van der Waals surface area (Å²) in [6.07, 6.45) is 4.04. The minimum absolute atomic E-state index is 0.159. The second-order valence-corrected chi connectivity index (χ2v) is 8.65. The van der Waals surface area contributed by atoms with Gasteiger partial charge in [0.1, 0.15) is 13.1 Å². The largest absolute Gasteiger partial charge is 0.247 e. The van der Waals surface area contributed by atoms with E-state index in [9.17, 15) is 0 Å². The Labute approximate surface area is 177 Å². The number of aryl methyl sites for hydroxylation is 1. The first kappa shape index (κ1) is 20.0. The Kier molecular flexibility index (Phi) is 5.48. The number of hydrogen-bond acceptors (Lipinski definition) is 3. The Morgan fingerprint density at radius 3 is 2.33 bits per heavy atom. The van der Waals surface area contributed by atoms with E-state index in [1.807, 2.05) is 44.6 Å². The van der Waals surface area contributed by atoms with Crippen LogP contribution in [0, 0.1) is 0 Å². The van der Waals surface area contributed by atoms with Gasteiger partial charge in [-0.3, -0.25) is 0 Å². The molecule has 30 heavy (non-hydrogen) atoms. The highest BCUT2D eigenvalue weighted by molar-refractivity contribution is 5.50. The lowest BCUT2D eigenvalue weighted by atomic mass is 9.87. The summed E-state index contributed by atoms with van der Waals surface area (Å²) in [5, 5.41) is 13.4.